The molecule has 0 saturated carbocycles. The lowest BCUT2D eigenvalue weighted by Crippen LogP contribution is -2.40. The molecule has 2 aromatic carbocycles. The average Bonchev–Trinajstić information content (AvgIpc) is 2.52. The fraction of sp³-hybridized carbons (Fsp3) is 0.211. The topological polar surface area (TPSA) is 55.8 Å². The second kappa shape index (κ2) is 6.81. The SMILES string of the molecule is Cc1cc(C)cc(Oc2cc3c(cc2Cl)C=C(C(=O)O)C(C(F)(F)F)O3)c1. The number of carboxylic acids is 1. The maximum absolute atomic E-state index is 13.2. The number of hydrogen-bond acceptors (Lipinski definition) is 3. The number of rotatable bonds is 3. The number of fused-ring (bicyclic) bond motifs is 1. The number of halogens is 4. The summed E-state index contributed by atoms with van der Waals surface area (Å²) in [7, 11) is 0. The minimum atomic E-state index is -4.88. The maximum Gasteiger partial charge on any atom is 0.430 e. The molecule has 3 rings (SSSR count). The summed E-state index contributed by atoms with van der Waals surface area (Å²) in [5, 5.41) is 9.18. The zero-order valence-electron chi connectivity index (χ0n) is 14.2. The second-order valence-corrected chi connectivity index (χ2v) is 6.60. The van der Waals surface area contributed by atoms with Gasteiger partial charge >= 0.3 is 12.1 Å². The molecule has 0 amide bonds. The Bertz CT molecular complexity index is 930. The Morgan fingerprint density at radius 1 is 1.15 bits per heavy atom. The van der Waals surface area contributed by atoms with Crippen LogP contribution in [0, 0.1) is 13.8 Å². The normalized spacial score (nSPS) is 16.2. The van der Waals surface area contributed by atoms with Crippen LogP contribution in [0.2, 0.25) is 5.02 Å². The van der Waals surface area contributed by atoms with Crippen LogP contribution in [0.3, 0.4) is 0 Å². The van der Waals surface area contributed by atoms with Crippen LogP contribution in [0.15, 0.2) is 35.9 Å². The zero-order valence-corrected chi connectivity index (χ0v) is 15.0. The first-order chi connectivity index (χ1) is 12.5. The standard InChI is InChI=1S/C19H14ClF3O4/c1-9-3-10(2)5-12(4-9)26-16-8-15-11(7-14(16)20)6-13(18(24)25)17(27-15)19(21,22)23/h3-8,17H,1-2H3,(H,24,25). The lowest BCUT2D eigenvalue weighted by Gasteiger charge is -2.27. The van der Waals surface area contributed by atoms with Crippen molar-refractivity contribution in [3.05, 3.63) is 57.6 Å². The fourth-order valence-electron chi connectivity index (χ4n) is 2.81. The summed E-state index contributed by atoms with van der Waals surface area (Å²) in [5.41, 5.74) is 1.11. The number of benzene rings is 2. The van der Waals surface area contributed by atoms with Crippen LogP contribution in [0.25, 0.3) is 6.08 Å². The Labute approximate surface area is 157 Å². The van der Waals surface area contributed by atoms with Gasteiger partial charge in [0.15, 0.2) is 0 Å². The summed E-state index contributed by atoms with van der Waals surface area (Å²) in [6.07, 6.45) is -6.54. The minimum absolute atomic E-state index is 0.105. The molecular formula is C19H14ClF3O4. The fourth-order valence-corrected chi connectivity index (χ4v) is 3.02. The summed E-state index contributed by atoms with van der Waals surface area (Å²) in [4.78, 5) is 11.2. The van der Waals surface area contributed by atoms with Gasteiger partial charge in [0.2, 0.25) is 6.10 Å². The molecule has 0 bridgehead atoms. The molecule has 0 radical (unpaired) electrons. The largest absolute Gasteiger partial charge is 0.478 e. The Balaban J connectivity index is 2.02. The Hall–Kier alpha value is -2.67. The van der Waals surface area contributed by atoms with Gasteiger partial charge in [-0.3, -0.25) is 0 Å². The van der Waals surface area contributed by atoms with Crippen LogP contribution in [0.5, 0.6) is 17.2 Å². The minimum Gasteiger partial charge on any atom is -0.478 e. The van der Waals surface area contributed by atoms with Gasteiger partial charge in [-0.2, -0.15) is 13.2 Å². The van der Waals surface area contributed by atoms with Crippen molar-refractivity contribution in [1.82, 2.24) is 0 Å². The number of carbonyl (C=O) groups is 1. The van der Waals surface area contributed by atoms with E-state index < -0.39 is 23.8 Å². The number of ether oxygens (including phenoxy) is 2. The quantitative estimate of drug-likeness (QED) is 0.737. The summed E-state index contributed by atoms with van der Waals surface area (Å²) < 4.78 is 50.2. The summed E-state index contributed by atoms with van der Waals surface area (Å²) in [6.45, 7) is 3.76. The van der Waals surface area contributed by atoms with Crippen LogP contribution in [-0.4, -0.2) is 23.4 Å². The van der Waals surface area contributed by atoms with Crippen molar-refractivity contribution in [2.24, 2.45) is 0 Å². The van der Waals surface area contributed by atoms with E-state index in [0.29, 0.717) is 5.75 Å². The van der Waals surface area contributed by atoms with Gasteiger partial charge in [-0.15, -0.1) is 0 Å². The van der Waals surface area contributed by atoms with Crippen molar-refractivity contribution >= 4 is 23.6 Å². The molecule has 27 heavy (non-hydrogen) atoms. The highest BCUT2D eigenvalue weighted by Gasteiger charge is 2.48. The Morgan fingerprint density at radius 3 is 2.33 bits per heavy atom. The molecule has 0 aromatic heterocycles. The van der Waals surface area contributed by atoms with Gasteiger partial charge < -0.3 is 14.6 Å². The molecule has 1 heterocycles. The highest BCUT2D eigenvalue weighted by Crippen LogP contribution is 2.42. The first-order valence-corrected chi connectivity index (χ1v) is 8.20. The molecule has 1 aliphatic heterocycles. The summed E-state index contributed by atoms with van der Waals surface area (Å²) in [6, 6.07) is 7.99. The van der Waals surface area contributed by atoms with Crippen molar-refractivity contribution in [2.75, 3.05) is 0 Å². The number of alkyl halides is 3. The van der Waals surface area contributed by atoms with Gasteiger partial charge in [-0.1, -0.05) is 17.7 Å². The lowest BCUT2D eigenvalue weighted by molar-refractivity contribution is -0.187. The lowest BCUT2D eigenvalue weighted by atomic mass is 10.0. The molecule has 1 atom stereocenters. The van der Waals surface area contributed by atoms with Crippen LogP contribution in [0.1, 0.15) is 16.7 Å². The molecule has 0 fully saturated rings. The molecule has 0 spiro atoms. The molecule has 0 saturated heterocycles. The number of carboxylic acid groups (broad SMARTS) is 1. The van der Waals surface area contributed by atoms with E-state index in [0.717, 1.165) is 17.2 Å². The third-order valence-corrected chi connectivity index (χ3v) is 4.17. The van der Waals surface area contributed by atoms with Crippen LogP contribution in [-0.2, 0) is 4.79 Å². The van der Waals surface area contributed by atoms with Gasteiger partial charge in [-0.25, -0.2) is 4.79 Å². The van der Waals surface area contributed by atoms with Gasteiger partial charge in [0.05, 0.1) is 10.6 Å². The number of aryl methyl sites for hydroxylation is 2. The molecule has 0 aliphatic carbocycles. The summed E-state index contributed by atoms with van der Waals surface area (Å²) in [5.74, 6) is -1.30. The van der Waals surface area contributed by atoms with E-state index in [1.165, 1.54) is 12.1 Å². The molecule has 142 valence electrons. The van der Waals surface area contributed by atoms with Crippen LogP contribution >= 0.6 is 11.6 Å². The molecule has 4 nitrogen and oxygen atoms in total. The van der Waals surface area contributed by atoms with E-state index >= 15 is 0 Å². The second-order valence-electron chi connectivity index (χ2n) is 6.19. The van der Waals surface area contributed by atoms with Gasteiger partial charge in [0.25, 0.3) is 0 Å². The molecule has 1 aliphatic rings. The van der Waals surface area contributed by atoms with Crippen molar-refractivity contribution in [3.8, 4) is 17.2 Å². The number of aliphatic carboxylic acids is 1. The molecule has 8 heteroatoms. The highest BCUT2D eigenvalue weighted by molar-refractivity contribution is 6.32. The molecule has 1 unspecified atom stereocenters. The van der Waals surface area contributed by atoms with E-state index in [4.69, 9.17) is 26.2 Å². The van der Waals surface area contributed by atoms with E-state index in [1.807, 2.05) is 19.9 Å². The smallest absolute Gasteiger partial charge is 0.430 e. The monoisotopic (exact) mass is 398 g/mol. The molecular weight excluding hydrogens is 385 g/mol. The highest BCUT2D eigenvalue weighted by atomic mass is 35.5. The number of hydrogen-bond donors (Lipinski definition) is 1. The zero-order chi connectivity index (χ0) is 19.9. The average molecular weight is 399 g/mol. The van der Waals surface area contributed by atoms with Crippen molar-refractivity contribution in [3.63, 3.8) is 0 Å². The van der Waals surface area contributed by atoms with Gasteiger partial charge in [0.1, 0.15) is 17.2 Å². The van der Waals surface area contributed by atoms with E-state index in [1.54, 1.807) is 12.1 Å². The predicted molar refractivity (Wildman–Crippen MR) is 93.5 cm³/mol. The summed E-state index contributed by atoms with van der Waals surface area (Å²) >= 11 is 6.16. The third-order valence-electron chi connectivity index (χ3n) is 3.87. The van der Waals surface area contributed by atoms with Crippen molar-refractivity contribution < 1.29 is 32.5 Å². The molecule has 1 N–H and O–H groups in total. The van der Waals surface area contributed by atoms with Gasteiger partial charge in [0, 0.05) is 11.6 Å². The van der Waals surface area contributed by atoms with E-state index in [-0.39, 0.29) is 22.1 Å². The van der Waals surface area contributed by atoms with Crippen molar-refractivity contribution in [1.29, 1.82) is 0 Å². The Morgan fingerprint density at radius 2 is 1.78 bits per heavy atom. The first-order valence-electron chi connectivity index (χ1n) is 7.82. The third kappa shape index (κ3) is 4.03. The van der Waals surface area contributed by atoms with Gasteiger partial charge in [-0.05, 0) is 49.2 Å². The van der Waals surface area contributed by atoms with Crippen LogP contribution in [0.4, 0.5) is 13.2 Å². The first kappa shape index (κ1) is 19.1. The Kier molecular flexibility index (Phi) is 4.82. The van der Waals surface area contributed by atoms with E-state index in [9.17, 15) is 18.0 Å². The van der Waals surface area contributed by atoms with E-state index in [2.05, 4.69) is 0 Å². The maximum atomic E-state index is 13.2. The van der Waals surface area contributed by atoms with Crippen molar-refractivity contribution in [2.45, 2.75) is 26.1 Å². The molecule has 2 aromatic rings. The predicted octanol–water partition coefficient (Wildman–Crippen LogP) is 5.54. The van der Waals surface area contributed by atoms with Crippen LogP contribution < -0.4 is 9.47 Å².